The average Bonchev–Trinajstić information content (AvgIpc) is 2.76. The number of carbonyl (C=O) groups is 2. The number of aromatic nitrogens is 1. The van der Waals surface area contributed by atoms with Gasteiger partial charge in [0.25, 0.3) is 0 Å². The van der Waals surface area contributed by atoms with E-state index in [1.165, 1.54) is 0 Å². The molecule has 1 amide bonds. The number of piperidine rings is 1. The molecular weight excluding hydrogens is 270 g/mol. The number of amides is 1. The van der Waals surface area contributed by atoms with Crippen molar-refractivity contribution in [3.63, 3.8) is 0 Å². The largest absolute Gasteiger partial charge is 0.481 e. The number of anilines is 1. The van der Waals surface area contributed by atoms with Gasteiger partial charge in [-0.05, 0) is 31.9 Å². The van der Waals surface area contributed by atoms with Gasteiger partial charge in [-0.1, -0.05) is 0 Å². The summed E-state index contributed by atoms with van der Waals surface area (Å²) in [6, 6.07) is 3.99. The zero-order valence-corrected chi connectivity index (χ0v) is 12.0. The fraction of sp³-hybridized carbons (Fsp3) is 0.533. The van der Waals surface area contributed by atoms with E-state index >= 15 is 0 Å². The van der Waals surface area contributed by atoms with E-state index in [0.29, 0.717) is 12.8 Å². The zero-order chi connectivity index (χ0) is 15.0. The molecular formula is C15H19N3O3. The second-order valence-corrected chi connectivity index (χ2v) is 5.94. The van der Waals surface area contributed by atoms with Crippen LogP contribution in [-0.2, 0) is 9.59 Å². The Labute approximate surface area is 123 Å². The van der Waals surface area contributed by atoms with Crippen LogP contribution >= 0.6 is 0 Å². The number of carboxylic acid groups (broad SMARTS) is 1. The van der Waals surface area contributed by atoms with Crippen LogP contribution in [0.25, 0.3) is 0 Å². The second kappa shape index (κ2) is 5.02. The molecule has 3 heterocycles. The lowest BCUT2D eigenvalue weighted by Crippen LogP contribution is -2.55. The van der Waals surface area contributed by atoms with E-state index in [1.807, 2.05) is 19.1 Å². The van der Waals surface area contributed by atoms with Gasteiger partial charge in [0, 0.05) is 37.1 Å². The Morgan fingerprint density at radius 1 is 1.48 bits per heavy atom. The highest BCUT2D eigenvalue weighted by Crippen LogP contribution is 2.37. The van der Waals surface area contributed by atoms with Crippen LogP contribution in [0.4, 0.5) is 5.69 Å². The minimum atomic E-state index is -0.874. The standard InChI is InChI=1S/C15H19N3O3/c1-10-8-11(2-5-16-10)18-6-3-15(4-7-18)12(14(20)21)9-13(19)17-15/h2,5,8,12H,3-4,6-7,9H2,1H3,(H,17,19)(H,20,21)/t12-/m0/s1. The summed E-state index contributed by atoms with van der Waals surface area (Å²) in [5, 5.41) is 12.3. The number of hydrogen-bond donors (Lipinski definition) is 2. The molecule has 1 aromatic heterocycles. The summed E-state index contributed by atoms with van der Waals surface area (Å²) in [6.07, 6.45) is 3.21. The Hall–Kier alpha value is -2.11. The minimum Gasteiger partial charge on any atom is -0.481 e. The first-order chi connectivity index (χ1) is 10.00. The maximum Gasteiger partial charge on any atom is 0.309 e. The van der Waals surface area contributed by atoms with Crippen molar-refractivity contribution < 1.29 is 14.7 Å². The van der Waals surface area contributed by atoms with Gasteiger partial charge in [-0.2, -0.15) is 0 Å². The topological polar surface area (TPSA) is 82.5 Å². The Balaban J connectivity index is 1.75. The number of carboxylic acids is 1. The van der Waals surface area contributed by atoms with Crippen molar-refractivity contribution in [1.82, 2.24) is 10.3 Å². The van der Waals surface area contributed by atoms with Gasteiger partial charge in [-0.25, -0.2) is 0 Å². The molecule has 3 rings (SSSR count). The van der Waals surface area contributed by atoms with E-state index in [0.717, 1.165) is 24.5 Å². The third-order valence-corrected chi connectivity index (χ3v) is 4.64. The Morgan fingerprint density at radius 3 is 2.81 bits per heavy atom. The van der Waals surface area contributed by atoms with E-state index in [-0.39, 0.29) is 12.3 Å². The van der Waals surface area contributed by atoms with Gasteiger partial charge in [-0.3, -0.25) is 14.6 Å². The van der Waals surface area contributed by atoms with E-state index in [4.69, 9.17) is 0 Å². The number of rotatable bonds is 2. The summed E-state index contributed by atoms with van der Waals surface area (Å²) in [6.45, 7) is 3.44. The molecule has 2 N–H and O–H groups in total. The van der Waals surface area contributed by atoms with Crippen LogP contribution in [0.1, 0.15) is 25.0 Å². The third kappa shape index (κ3) is 2.46. The monoisotopic (exact) mass is 289 g/mol. The quantitative estimate of drug-likeness (QED) is 0.847. The lowest BCUT2D eigenvalue weighted by atomic mass is 9.77. The highest BCUT2D eigenvalue weighted by atomic mass is 16.4. The third-order valence-electron chi connectivity index (χ3n) is 4.64. The number of hydrogen-bond acceptors (Lipinski definition) is 4. The van der Waals surface area contributed by atoms with Crippen molar-refractivity contribution in [2.24, 2.45) is 5.92 Å². The lowest BCUT2D eigenvalue weighted by Gasteiger charge is -2.42. The van der Waals surface area contributed by atoms with Crippen molar-refractivity contribution in [1.29, 1.82) is 0 Å². The number of aryl methyl sites for hydroxylation is 1. The fourth-order valence-corrected chi connectivity index (χ4v) is 3.48. The lowest BCUT2D eigenvalue weighted by molar-refractivity contribution is -0.144. The first-order valence-electron chi connectivity index (χ1n) is 7.22. The highest BCUT2D eigenvalue weighted by Gasteiger charge is 2.51. The van der Waals surface area contributed by atoms with Crippen molar-refractivity contribution >= 4 is 17.6 Å². The number of nitrogens with one attached hydrogen (secondary N) is 1. The first-order valence-corrected chi connectivity index (χ1v) is 7.22. The van der Waals surface area contributed by atoms with Gasteiger partial charge in [0.05, 0.1) is 11.5 Å². The highest BCUT2D eigenvalue weighted by molar-refractivity contribution is 5.88. The summed E-state index contributed by atoms with van der Waals surface area (Å²) in [7, 11) is 0. The van der Waals surface area contributed by atoms with Gasteiger partial charge >= 0.3 is 5.97 Å². The van der Waals surface area contributed by atoms with Crippen LogP contribution in [0.15, 0.2) is 18.3 Å². The van der Waals surface area contributed by atoms with Gasteiger partial charge < -0.3 is 15.3 Å². The molecule has 1 aromatic rings. The zero-order valence-electron chi connectivity index (χ0n) is 12.0. The molecule has 2 fully saturated rings. The molecule has 21 heavy (non-hydrogen) atoms. The maximum atomic E-state index is 11.6. The fourth-order valence-electron chi connectivity index (χ4n) is 3.48. The molecule has 0 unspecified atom stereocenters. The average molecular weight is 289 g/mol. The summed E-state index contributed by atoms with van der Waals surface area (Å²) in [5.74, 6) is -1.62. The van der Waals surface area contributed by atoms with Crippen LogP contribution in [0, 0.1) is 12.8 Å². The van der Waals surface area contributed by atoms with Crippen LogP contribution < -0.4 is 10.2 Å². The molecule has 6 heteroatoms. The molecule has 112 valence electrons. The molecule has 6 nitrogen and oxygen atoms in total. The summed E-state index contributed by atoms with van der Waals surface area (Å²) < 4.78 is 0. The molecule has 0 aromatic carbocycles. The molecule has 1 atom stereocenters. The summed E-state index contributed by atoms with van der Waals surface area (Å²) in [5.41, 5.74) is 1.50. The molecule has 0 bridgehead atoms. The number of pyridine rings is 1. The van der Waals surface area contributed by atoms with Crippen LogP contribution in [0.5, 0.6) is 0 Å². The molecule has 2 saturated heterocycles. The maximum absolute atomic E-state index is 11.6. The van der Waals surface area contributed by atoms with Gasteiger partial charge in [0.1, 0.15) is 0 Å². The van der Waals surface area contributed by atoms with Gasteiger partial charge in [0.15, 0.2) is 0 Å². The second-order valence-electron chi connectivity index (χ2n) is 5.94. The van der Waals surface area contributed by atoms with E-state index in [1.54, 1.807) is 6.20 Å². The van der Waals surface area contributed by atoms with Crippen LogP contribution in [-0.4, -0.2) is 40.6 Å². The van der Waals surface area contributed by atoms with Crippen LogP contribution in [0.2, 0.25) is 0 Å². The molecule has 0 radical (unpaired) electrons. The van der Waals surface area contributed by atoms with Crippen molar-refractivity contribution in [2.45, 2.75) is 31.7 Å². The summed E-state index contributed by atoms with van der Waals surface area (Å²) in [4.78, 5) is 29.4. The van der Waals surface area contributed by atoms with E-state index < -0.39 is 17.4 Å². The molecule has 0 saturated carbocycles. The molecule has 2 aliphatic rings. The van der Waals surface area contributed by atoms with E-state index in [2.05, 4.69) is 15.2 Å². The molecule has 0 aliphatic carbocycles. The smallest absolute Gasteiger partial charge is 0.309 e. The number of aliphatic carboxylic acids is 1. The SMILES string of the molecule is Cc1cc(N2CCC3(CC2)NC(=O)C[C@H]3C(=O)O)ccn1. The predicted molar refractivity (Wildman–Crippen MR) is 77.0 cm³/mol. The first kappa shape index (κ1) is 13.9. The Bertz CT molecular complexity index is 579. The summed E-state index contributed by atoms with van der Waals surface area (Å²) >= 11 is 0. The van der Waals surface area contributed by atoms with Gasteiger partial charge in [-0.15, -0.1) is 0 Å². The predicted octanol–water partition coefficient (Wildman–Crippen LogP) is 0.950. The number of nitrogens with zero attached hydrogens (tertiary/aromatic N) is 2. The molecule has 2 aliphatic heterocycles. The van der Waals surface area contributed by atoms with Crippen molar-refractivity contribution in [3.05, 3.63) is 24.0 Å². The van der Waals surface area contributed by atoms with Gasteiger partial charge in [0.2, 0.25) is 5.91 Å². The Morgan fingerprint density at radius 2 is 2.19 bits per heavy atom. The minimum absolute atomic E-state index is 0.101. The van der Waals surface area contributed by atoms with Crippen LogP contribution in [0.3, 0.4) is 0 Å². The Kier molecular flexibility index (Phi) is 3.31. The van der Waals surface area contributed by atoms with Crippen molar-refractivity contribution in [2.75, 3.05) is 18.0 Å². The van der Waals surface area contributed by atoms with Crippen molar-refractivity contribution in [3.8, 4) is 0 Å². The normalized spacial score (nSPS) is 24.1. The van der Waals surface area contributed by atoms with E-state index in [9.17, 15) is 14.7 Å². The molecule has 1 spiro atoms. The number of carbonyl (C=O) groups excluding carboxylic acids is 1.